The molecule has 1 amide bonds. The Morgan fingerprint density at radius 2 is 1.94 bits per heavy atom. The van der Waals surface area contributed by atoms with Crippen LogP contribution in [-0.4, -0.2) is 42.2 Å². The number of sulfonamides is 1. The maximum atomic E-state index is 14.2. The van der Waals surface area contributed by atoms with Crippen LogP contribution in [0.25, 0.3) is 0 Å². The van der Waals surface area contributed by atoms with Crippen molar-refractivity contribution in [2.75, 3.05) is 18.7 Å². The zero-order valence-electron chi connectivity index (χ0n) is 16.8. The van der Waals surface area contributed by atoms with E-state index in [-0.39, 0.29) is 18.3 Å². The van der Waals surface area contributed by atoms with Crippen molar-refractivity contribution in [1.82, 2.24) is 14.5 Å². The highest BCUT2D eigenvalue weighted by Crippen LogP contribution is 2.39. The van der Waals surface area contributed by atoms with E-state index in [1.54, 1.807) is 18.2 Å². The summed E-state index contributed by atoms with van der Waals surface area (Å²) < 4.78 is 65.1. The molecule has 3 aromatic rings. The Kier molecular flexibility index (Phi) is 5.46. The molecule has 0 bridgehead atoms. The topological polar surface area (TPSA) is 111 Å². The van der Waals surface area contributed by atoms with Crippen molar-refractivity contribution in [1.29, 1.82) is 0 Å². The highest BCUT2D eigenvalue weighted by atomic mass is 32.2. The third kappa shape index (κ3) is 4.03. The lowest BCUT2D eigenvalue weighted by Gasteiger charge is -2.22. The van der Waals surface area contributed by atoms with E-state index in [2.05, 4.69) is 15.5 Å². The van der Waals surface area contributed by atoms with Crippen LogP contribution in [0.15, 0.2) is 41.3 Å². The Balaban J connectivity index is 1.36. The largest absolute Gasteiger partial charge is 0.454 e. The quantitative estimate of drug-likeness (QED) is 0.579. The predicted molar refractivity (Wildman–Crippen MR) is 113 cm³/mol. The van der Waals surface area contributed by atoms with Gasteiger partial charge in [0.05, 0.1) is 6.04 Å². The van der Waals surface area contributed by atoms with E-state index < -0.39 is 38.5 Å². The van der Waals surface area contributed by atoms with Crippen molar-refractivity contribution in [3.63, 3.8) is 0 Å². The number of benzene rings is 2. The van der Waals surface area contributed by atoms with Gasteiger partial charge in [0.2, 0.25) is 21.8 Å². The van der Waals surface area contributed by atoms with Gasteiger partial charge in [-0.15, -0.1) is 10.2 Å². The molecule has 1 aromatic heterocycles. The average Bonchev–Trinajstić information content (AvgIpc) is 3.52. The molecule has 3 heterocycles. The van der Waals surface area contributed by atoms with Crippen LogP contribution < -0.4 is 14.8 Å². The van der Waals surface area contributed by atoms with Crippen LogP contribution in [0, 0.1) is 11.6 Å². The van der Waals surface area contributed by atoms with E-state index in [0.717, 1.165) is 27.8 Å². The number of fused-ring (bicyclic) bond motifs is 1. The number of rotatable bonds is 5. The van der Waals surface area contributed by atoms with Gasteiger partial charge in [0.15, 0.2) is 11.5 Å². The molecule has 5 rings (SSSR count). The van der Waals surface area contributed by atoms with Gasteiger partial charge in [-0.1, -0.05) is 11.3 Å². The summed E-state index contributed by atoms with van der Waals surface area (Å²) in [5.41, 5.74) is 0.470. The molecule has 1 atom stereocenters. The standard InChI is InChI=1S/C20H16F2N4O5S2/c21-11-3-6-17(13(22)8-11)33(28,29)26-7-1-2-14(26)19-24-25-20(32-19)18(27)23-12-4-5-15-16(9-12)31-10-30-15/h3-6,8-9,14H,1-2,7,10H2,(H,23,27). The molecule has 33 heavy (non-hydrogen) atoms. The van der Waals surface area contributed by atoms with Gasteiger partial charge in [-0.25, -0.2) is 17.2 Å². The minimum absolute atomic E-state index is 0.0416. The van der Waals surface area contributed by atoms with Crippen LogP contribution in [0.1, 0.15) is 33.7 Å². The van der Waals surface area contributed by atoms with Crippen LogP contribution in [0.5, 0.6) is 11.5 Å². The van der Waals surface area contributed by atoms with E-state index in [9.17, 15) is 22.0 Å². The molecule has 0 saturated carbocycles. The minimum atomic E-state index is -4.24. The van der Waals surface area contributed by atoms with Crippen LogP contribution in [0.3, 0.4) is 0 Å². The second kappa shape index (κ2) is 8.32. The number of carbonyl (C=O) groups excluding carboxylic acids is 1. The first-order valence-corrected chi connectivity index (χ1v) is 12.1. The fraction of sp³-hybridized carbons (Fsp3) is 0.250. The van der Waals surface area contributed by atoms with Gasteiger partial charge in [-0.3, -0.25) is 4.79 Å². The van der Waals surface area contributed by atoms with E-state index in [0.29, 0.717) is 41.1 Å². The first kappa shape index (κ1) is 21.7. The zero-order valence-corrected chi connectivity index (χ0v) is 18.5. The second-order valence-corrected chi connectivity index (χ2v) is 10.2. The van der Waals surface area contributed by atoms with E-state index in [4.69, 9.17) is 9.47 Å². The van der Waals surface area contributed by atoms with Crippen molar-refractivity contribution in [2.45, 2.75) is 23.8 Å². The van der Waals surface area contributed by atoms with Crippen LogP contribution in [0.4, 0.5) is 14.5 Å². The van der Waals surface area contributed by atoms with Gasteiger partial charge in [0.1, 0.15) is 21.5 Å². The summed E-state index contributed by atoms with van der Waals surface area (Å²) in [4.78, 5) is 12.0. The summed E-state index contributed by atoms with van der Waals surface area (Å²) in [5.74, 6) is -1.47. The summed E-state index contributed by atoms with van der Waals surface area (Å²) in [6.07, 6.45) is 0.950. The van der Waals surface area contributed by atoms with E-state index >= 15 is 0 Å². The van der Waals surface area contributed by atoms with Gasteiger partial charge in [0, 0.05) is 24.4 Å². The Bertz CT molecular complexity index is 1350. The van der Waals surface area contributed by atoms with Crippen molar-refractivity contribution in [3.05, 3.63) is 58.0 Å². The van der Waals surface area contributed by atoms with Gasteiger partial charge in [-0.05, 0) is 37.1 Å². The number of amides is 1. The lowest BCUT2D eigenvalue weighted by atomic mass is 10.2. The predicted octanol–water partition coefficient (Wildman–Crippen LogP) is 3.32. The highest BCUT2D eigenvalue weighted by Gasteiger charge is 2.39. The number of anilines is 1. The van der Waals surface area contributed by atoms with Gasteiger partial charge < -0.3 is 14.8 Å². The van der Waals surface area contributed by atoms with E-state index in [1.807, 2.05) is 0 Å². The molecular formula is C20H16F2N4O5S2. The number of aromatic nitrogens is 2. The lowest BCUT2D eigenvalue weighted by Crippen LogP contribution is -2.31. The highest BCUT2D eigenvalue weighted by molar-refractivity contribution is 7.89. The van der Waals surface area contributed by atoms with Crippen molar-refractivity contribution in [3.8, 4) is 11.5 Å². The fourth-order valence-electron chi connectivity index (χ4n) is 3.71. The van der Waals surface area contributed by atoms with Gasteiger partial charge in [0.25, 0.3) is 5.91 Å². The number of carbonyl (C=O) groups is 1. The molecule has 0 aliphatic carbocycles. The number of nitrogens with zero attached hydrogens (tertiary/aromatic N) is 3. The molecule has 2 aliphatic rings. The maximum absolute atomic E-state index is 14.2. The van der Waals surface area contributed by atoms with Crippen molar-refractivity contribution >= 4 is 33.0 Å². The Morgan fingerprint density at radius 1 is 1.12 bits per heavy atom. The smallest absolute Gasteiger partial charge is 0.286 e. The number of hydrogen-bond acceptors (Lipinski definition) is 8. The molecule has 2 aromatic carbocycles. The fourth-order valence-corrected chi connectivity index (χ4v) is 6.37. The molecule has 0 spiro atoms. The number of halogens is 2. The van der Waals surface area contributed by atoms with Crippen molar-refractivity contribution < 1.29 is 31.5 Å². The molecule has 0 radical (unpaired) electrons. The monoisotopic (exact) mass is 494 g/mol. The number of hydrogen-bond donors (Lipinski definition) is 1. The first-order chi connectivity index (χ1) is 15.8. The molecular weight excluding hydrogens is 478 g/mol. The third-order valence-corrected chi connectivity index (χ3v) is 8.20. The summed E-state index contributed by atoms with van der Waals surface area (Å²) >= 11 is 0.955. The molecule has 9 nitrogen and oxygen atoms in total. The summed E-state index contributed by atoms with van der Waals surface area (Å²) in [6, 6.07) is 6.55. The molecule has 13 heteroatoms. The molecule has 1 N–H and O–H groups in total. The summed E-state index contributed by atoms with van der Waals surface area (Å²) in [5, 5.41) is 11.0. The lowest BCUT2D eigenvalue weighted by molar-refractivity contribution is 0.102. The summed E-state index contributed by atoms with van der Waals surface area (Å²) in [6.45, 7) is 0.247. The van der Waals surface area contributed by atoms with Crippen molar-refractivity contribution in [2.24, 2.45) is 0 Å². The Labute approximate surface area is 191 Å². The molecule has 2 aliphatic heterocycles. The second-order valence-electron chi connectivity index (χ2n) is 7.32. The first-order valence-electron chi connectivity index (χ1n) is 9.84. The molecule has 1 saturated heterocycles. The minimum Gasteiger partial charge on any atom is -0.454 e. The average molecular weight is 495 g/mol. The van der Waals surface area contributed by atoms with Crippen LogP contribution >= 0.6 is 11.3 Å². The maximum Gasteiger partial charge on any atom is 0.286 e. The number of ether oxygens (including phenoxy) is 2. The third-order valence-electron chi connectivity index (χ3n) is 5.23. The molecule has 172 valence electrons. The van der Waals surface area contributed by atoms with Gasteiger partial charge >= 0.3 is 0 Å². The van der Waals surface area contributed by atoms with Gasteiger partial charge in [-0.2, -0.15) is 4.31 Å². The SMILES string of the molecule is O=C(Nc1ccc2c(c1)OCO2)c1nnc(C2CCCN2S(=O)(=O)c2ccc(F)cc2F)s1. The van der Waals surface area contributed by atoms with E-state index in [1.165, 1.54) is 0 Å². The molecule has 1 fully saturated rings. The van der Waals surface area contributed by atoms with Crippen LogP contribution in [0.2, 0.25) is 0 Å². The summed E-state index contributed by atoms with van der Waals surface area (Å²) in [7, 11) is -4.24. The van der Waals surface area contributed by atoms with Crippen LogP contribution in [-0.2, 0) is 10.0 Å². The zero-order chi connectivity index (χ0) is 23.2. The Hall–Kier alpha value is -3.16. The normalized spacial score (nSPS) is 17.9. The Morgan fingerprint density at radius 3 is 2.76 bits per heavy atom. The molecule has 1 unspecified atom stereocenters. The number of nitrogens with one attached hydrogen (secondary N) is 1.